The quantitative estimate of drug-likeness (QED) is 0.820. The molecule has 1 N–H and O–H groups in total. The largest absolute Gasteiger partial charge is 0.508 e. The van der Waals surface area contributed by atoms with Gasteiger partial charge in [-0.2, -0.15) is 5.26 Å². The highest BCUT2D eigenvalue weighted by molar-refractivity contribution is 5.40. The number of benzene rings is 1. The summed E-state index contributed by atoms with van der Waals surface area (Å²) in [5, 5.41) is 18.2. The molecule has 0 spiro atoms. The van der Waals surface area contributed by atoms with Crippen LogP contribution < -0.4 is 0 Å². The first kappa shape index (κ1) is 11.6. The Balaban J connectivity index is 3.14. The fourth-order valence-corrected chi connectivity index (χ4v) is 1.44. The molecule has 15 heavy (non-hydrogen) atoms. The van der Waals surface area contributed by atoms with E-state index in [1.165, 1.54) is 5.56 Å². The molecule has 0 aromatic heterocycles. The third-order valence-electron chi connectivity index (χ3n) is 3.01. The van der Waals surface area contributed by atoms with Crippen molar-refractivity contribution in [2.24, 2.45) is 0 Å². The molecule has 0 bridgehead atoms. The van der Waals surface area contributed by atoms with Crippen LogP contribution in [0.2, 0.25) is 0 Å². The molecule has 80 valence electrons. The molecule has 0 unspecified atom stereocenters. The van der Waals surface area contributed by atoms with Crippen molar-refractivity contribution in [2.45, 2.75) is 39.0 Å². The van der Waals surface area contributed by atoms with E-state index in [0.717, 1.165) is 12.0 Å². The number of nitriles is 1. The van der Waals surface area contributed by atoms with Crippen LogP contribution in [-0.4, -0.2) is 5.11 Å². The molecule has 0 radical (unpaired) electrons. The second-order valence-corrected chi connectivity index (χ2v) is 4.42. The summed E-state index contributed by atoms with van der Waals surface area (Å²) in [6.45, 7) is 6.46. The first-order valence-electron chi connectivity index (χ1n) is 5.20. The fourth-order valence-electron chi connectivity index (χ4n) is 1.44. The lowest BCUT2D eigenvalue weighted by Crippen LogP contribution is -2.15. The molecule has 0 aliphatic carbocycles. The summed E-state index contributed by atoms with van der Waals surface area (Å²) in [5.74, 6) is 0.215. The zero-order chi connectivity index (χ0) is 11.5. The summed E-state index contributed by atoms with van der Waals surface area (Å²) in [6, 6.07) is 7.60. The van der Waals surface area contributed by atoms with Gasteiger partial charge in [0.25, 0.3) is 0 Å². The Morgan fingerprint density at radius 2 is 2.07 bits per heavy atom. The van der Waals surface area contributed by atoms with Gasteiger partial charge >= 0.3 is 0 Å². The first-order chi connectivity index (χ1) is 7.01. The fraction of sp³-hybridized carbons (Fsp3) is 0.462. The number of rotatable bonds is 3. The molecule has 2 nitrogen and oxygen atoms in total. The van der Waals surface area contributed by atoms with Gasteiger partial charge in [0.05, 0.1) is 12.5 Å². The van der Waals surface area contributed by atoms with Crippen molar-refractivity contribution in [1.82, 2.24) is 0 Å². The Morgan fingerprint density at radius 1 is 1.40 bits per heavy atom. The van der Waals surface area contributed by atoms with E-state index < -0.39 is 0 Å². The SMILES string of the molecule is CCC(C)(C)c1ccc(O)c(CC#N)c1. The second kappa shape index (κ2) is 4.35. The predicted molar refractivity (Wildman–Crippen MR) is 60.7 cm³/mol. The molecule has 0 fully saturated rings. The van der Waals surface area contributed by atoms with E-state index >= 15 is 0 Å². The Morgan fingerprint density at radius 3 is 2.60 bits per heavy atom. The number of phenolic OH excluding ortho intramolecular Hbond substituents is 1. The highest BCUT2D eigenvalue weighted by Gasteiger charge is 2.18. The summed E-state index contributed by atoms with van der Waals surface area (Å²) in [7, 11) is 0. The first-order valence-corrected chi connectivity index (χ1v) is 5.20. The van der Waals surface area contributed by atoms with Gasteiger partial charge in [-0.25, -0.2) is 0 Å². The maximum atomic E-state index is 9.55. The van der Waals surface area contributed by atoms with Crippen LogP contribution in [0, 0.1) is 11.3 Å². The van der Waals surface area contributed by atoms with Crippen LogP contribution in [0.3, 0.4) is 0 Å². The molecule has 0 saturated heterocycles. The Labute approximate surface area is 91.2 Å². The minimum absolute atomic E-state index is 0.0951. The smallest absolute Gasteiger partial charge is 0.119 e. The van der Waals surface area contributed by atoms with Gasteiger partial charge in [0.2, 0.25) is 0 Å². The molecule has 0 saturated carbocycles. The number of nitrogens with zero attached hydrogens (tertiary/aromatic N) is 1. The molecule has 1 aromatic carbocycles. The summed E-state index contributed by atoms with van der Waals surface area (Å²) in [4.78, 5) is 0. The molecular weight excluding hydrogens is 186 g/mol. The lowest BCUT2D eigenvalue weighted by molar-refractivity contribution is 0.465. The van der Waals surface area contributed by atoms with Crippen molar-refractivity contribution in [3.05, 3.63) is 29.3 Å². The van der Waals surface area contributed by atoms with Gasteiger partial charge in [-0.15, -0.1) is 0 Å². The van der Waals surface area contributed by atoms with Crippen LogP contribution in [0.25, 0.3) is 0 Å². The van der Waals surface area contributed by atoms with E-state index in [2.05, 4.69) is 26.8 Å². The van der Waals surface area contributed by atoms with Crippen LogP contribution in [0.1, 0.15) is 38.3 Å². The van der Waals surface area contributed by atoms with E-state index in [9.17, 15) is 5.11 Å². The molecule has 1 aromatic rings. The van der Waals surface area contributed by atoms with Crippen LogP contribution in [0.4, 0.5) is 0 Å². The van der Waals surface area contributed by atoms with Crippen LogP contribution in [0.5, 0.6) is 5.75 Å². The topological polar surface area (TPSA) is 44.0 Å². The van der Waals surface area contributed by atoms with Crippen molar-refractivity contribution in [1.29, 1.82) is 5.26 Å². The molecule has 0 amide bonds. The van der Waals surface area contributed by atoms with Gasteiger partial charge in [-0.05, 0) is 23.5 Å². The molecule has 2 heteroatoms. The van der Waals surface area contributed by atoms with Crippen molar-refractivity contribution >= 4 is 0 Å². The highest BCUT2D eigenvalue weighted by atomic mass is 16.3. The van der Waals surface area contributed by atoms with E-state index in [1.54, 1.807) is 6.07 Å². The van der Waals surface area contributed by atoms with Crippen LogP contribution in [0.15, 0.2) is 18.2 Å². The van der Waals surface area contributed by atoms with E-state index in [-0.39, 0.29) is 17.6 Å². The maximum absolute atomic E-state index is 9.55. The lowest BCUT2D eigenvalue weighted by atomic mass is 9.81. The zero-order valence-corrected chi connectivity index (χ0v) is 9.54. The summed E-state index contributed by atoms with van der Waals surface area (Å²) >= 11 is 0. The summed E-state index contributed by atoms with van der Waals surface area (Å²) in [6.07, 6.45) is 1.29. The summed E-state index contributed by atoms with van der Waals surface area (Å²) in [5.41, 5.74) is 1.99. The van der Waals surface area contributed by atoms with Gasteiger partial charge < -0.3 is 5.11 Å². The van der Waals surface area contributed by atoms with Gasteiger partial charge in [-0.1, -0.05) is 32.9 Å². The molecule has 0 atom stereocenters. The normalized spacial score (nSPS) is 11.1. The Bertz CT molecular complexity index is 388. The Kier molecular flexibility index (Phi) is 3.36. The van der Waals surface area contributed by atoms with Gasteiger partial charge in [0.15, 0.2) is 0 Å². The van der Waals surface area contributed by atoms with Crippen LogP contribution >= 0.6 is 0 Å². The minimum Gasteiger partial charge on any atom is -0.508 e. The van der Waals surface area contributed by atoms with Crippen molar-refractivity contribution < 1.29 is 5.11 Å². The number of hydrogen-bond donors (Lipinski definition) is 1. The zero-order valence-electron chi connectivity index (χ0n) is 9.54. The van der Waals surface area contributed by atoms with Gasteiger partial charge in [-0.3, -0.25) is 0 Å². The Hall–Kier alpha value is -1.49. The van der Waals surface area contributed by atoms with Gasteiger partial charge in [0.1, 0.15) is 5.75 Å². The van der Waals surface area contributed by atoms with Crippen molar-refractivity contribution in [2.75, 3.05) is 0 Å². The average molecular weight is 203 g/mol. The third kappa shape index (κ3) is 2.50. The van der Waals surface area contributed by atoms with E-state index in [0.29, 0.717) is 0 Å². The average Bonchev–Trinajstić information content (AvgIpc) is 2.21. The van der Waals surface area contributed by atoms with Crippen LogP contribution in [-0.2, 0) is 11.8 Å². The molecule has 0 heterocycles. The molecule has 0 aliphatic rings. The number of phenols is 1. The molecular formula is C13H17NO. The highest BCUT2D eigenvalue weighted by Crippen LogP contribution is 2.30. The third-order valence-corrected chi connectivity index (χ3v) is 3.01. The lowest BCUT2D eigenvalue weighted by Gasteiger charge is -2.24. The van der Waals surface area contributed by atoms with Gasteiger partial charge in [0, 0.05) is 5.56 Å². The number of hydrogen-bond acceptors (Lipinski definition) is 2. The van der Waals surface area contributed by atoms with Crippen molar-refractivity contribution in [3.8, 4) is 11.8 Å². The second-order valence-electron chi connectivity index (χ2n) is 4.42. The summed E-state index contributed by atoms with van der Waals surface area (Å²) < 4.78 is 0. The standard InChI is InChI=1S/C13H17NO/c1-4-13(2,3)11-5-6-12(15)10(9-11)7-8-14/h5-6,9,15H,4,7H2,1-3H3. The maximum Gasteiger partial charge on any atom is 0.119 e. The number of aromatic hydroxyl groups is 1. The minimum atomic E-state index is 0.0951. The van der Waals surface area contributed by atoms with E-state index in [4.69, 9.17) is 5.26 Å². The predicted octanol–water partition coefficient (Wildman–Crippen LogP) is 3.15. The van der Waals surface area contributed by atoms with Crippen molar-refractivity contribution in [3.63, 3.8) is 0 Å². The molecule has 1 rings (SSSR count). The monoisotopic (exact) mass is 203 g/mol. The molecule has 0 aliphatic heterocycles. The van der Waals surface area contributed by atoms with E-state index in [1.807, 2.05) is 12.1 Å².